The Morgan fingerprint density at radius 1 is 1.59 bits per heavy atom. The number of aryl methyl sites for hydroxylation is 2. The third-order valence-corrected chi connectivity index (χ3v) is 4.19. The lowest BCUT2D eigenvalue weighted by molar-refractivity contribution is -0.130. The number of aromatic nitrogens is 2. The third kappa shape index (κ3) is 2.60. The molecule has 94 valence electrons. The van der Waals surface area contributed by atoms with Crippen LogP contribution in [0.15, 0.2) is 4.47 Å². The highest BCUT2D eigenvalue weighted by atomic mass is 79.9. The first kappa shape index (κ1) is 12.8. The molecule has 1 aromatic rings. The summed E-state index contributed by atoms with van der Waals surface area (Å²) in [5, 5.41) is 4.44. The largest absolute Gasteiger partial charge is 0.380 e. The Morgan fingerprint density at radius 2 is 2.35 bits per heavy atom. The van der Waals surface area contributed by atoms with Crippen molar-refractivity contribution in [3.05, 3.63) is 15.9 Å². The lowest BCUT2D eigenvalue weighted by Gasteiger charge is -2.21. The number of nitrogens with zero attached hydrogens (tertiary/aromatic N) is 2. The zero-order valence-corrected chi connectivity index (χ0v) is 11.8. The minimum absolute atomic E-state index is 0.0125. The first-order valence-corrected chi connectivity index (χ1v) is 6.75. The van der Waals surface area contributed by atoms with Crippen LogP contribution >= 0.6 is 15.9 Å². The van der Waals surface area contributed by atoms with Gasteiger partial charge in [0.05, 0.1) is 29.1 Å². The summed E-state index contributed by atoms with van der Waals surface area (Å²) < 4.78 is 8.36. The van der Waals surface area contributed by atoms with Crippen LogP contribution in [0.25, 0.3) is 0 Å². The normalized spacial score (nSPS) is 20.9. The van der Waals surface area contributed by atoms with E-state index < -0.39 is 0 Å². The fourth-order valence-corrected chi connectivity index (χ4v) is 2.61. The monoisotopic (exact) mass is 300 g/mol. The van der Waals surface area contributed by atoms with Crippen LogP contribution in [0.4, 0.5) is 0 Å². The topological polar surface area (TPSA) is 44.1 Å². The molecule has 1 aromatic heterocycles. The number of Topliss-reactive ketones (excluding diaryl/α,β-unsaturated/α-hetero) is 1. The molecule has 1 atom stereocenters. The van der Waals surface area contributed by atoms with Crippen LogP contribution in [0.2, 0.25) is 0 Å². The summed E-state index contributed by atoms with van der Waals surface area (Å²) >= 11 is 3.55. The zero-order valence-electron chi connectivity index (χ0n) is 10.2. The fraction of sp³-hybridized carbons (Fsp3) is 0.667. The van der Waals surface area contributed by atoms with Crippen molar-refractivity contribution in [3.8, 4) is 0 Å². The van der Waals surface area contributed by atoms with Gasteiger partial charge in [0.15, 0.2) is 0 Å². The van der Waals surface area contributed by atoms with Crippen molar-refractivity contribution < 1.29 is 9.53 Å². The van der Waals surface area contributed by atoms with Gasteiger partial charge in [-0.1, -0.05) is 0 Å². The molecule has 1 unspecified atom stereocenters. The van der Waals surface area contributed by atoms with Gasteiger partial charge in [-0.05, 0) is 29.8 Å². The second-order valence-corrected chi connectivity index (χ2v) is 5.15. The standard InChI is InChI=1S/C12H17BrN2O2/c1-3-15-10(12(13)8(2)14-15)6-9-7-17-5-4-11(9)16/h9H,3-7H2,1-2H3. The van der Waals surface area contributed by atoms with Gasteiger partial charge in [0.2, 0.25) is 0 Å². The maximum absolute atomic E-state index is 11.8. The molecule has 0 amide bonds. The molecule has 5 heteroatoms. The summed E-state index contributed by atoms with van der Waals surface area (Å²) in [7, 11) is 0. The van der Waals surface area contributed by atoms with E-state index in [0.717, 1.165) is 22.4 Å². The molecule has 0 N–H and O–H groups in total. The molecule has 0 aliphatic carbocycles. The van der Waals surface area contributed by atoms with Gasteiger partial charge in [0.25, 0.3) is 0 Å². The molecule has 1 aliphatic heterocycles. The molecule has 0 saturated carbocycles. The van der Waals surface area contributed by atoms with E-state index in [0.29, 0.717) is 31.8 Å². The van der Waals surface area contributed by atoms with E-state index in [-0.39, 0.29) is 5.92 Å². The summed E-state index contributed by atoms with van der Waals surface area (Å²) in [5.41, 5.74) is 2.08. The number of carbonyl (C=O) groups excluding carboxylic acids is 1. The van der Waals surface area contributed by atoms with Crippen molar-refractivity contribution in [1.82, 2.24) is 9.78 Å². The van der Waals surface area contributed by atoms with Crippen LogP contribution in [0.5, 0.6) is 0 Å². The highest BCUT2D eigenvalue weighted by molar-refractivity contribution is 9.10. The highest BCUT2D eigenvalue weighted by Crippen LogP contribution is 2.25. The first-order valence-electron chi connectivity index (χ1n) is 5.95. The van der Waals surface area contributed by atoms with Crippen LogP contribution in [0.1, 0.15) is 24.7 Å². The van der Waals surface area contributed by atoms with Crippen molar-refractivity contribution >= 4 is 21.7 Å². The van der Waals surface area contributed by atoms with Crippen LogP contribution in [0.3, 0.4) is 0 Å². The Labute approximate surface area is 109 Å². The lowest BCUT2D eigenvalue weighted by Crippen LogP contribution is -2.30. The summed E-state index contributed by atoms with van der Waals surface area (Å²) in [4.78, 5) is 11.8. The maximum atomic E-state index is 11.8. The Balaban J connectivity index is 2.19. The molecule has 1 aliphatic rings. The van der Waals surface area contributed by atoms with Gasteiger partial charge < -0.3 is 4.74 Å². The van der Waals surface area contributed by atoms with Gasteiger partial charge in [-0.2, -0.15) is 5.10 Å². The molecule has 17 heavy (non-hydrogen) atoms. The lowest BCUT2D eigenvalue weighted by atomic mass is 9.95. The van der Waals surface area contributed by atoms with Crippen LogP contribution in [-0.2, 0) is 22.5 Å². The van der Waals surface area contributed by atoms with Gasteiger partial charge in [-0.3, -0.25) is 9.48 Å². The van der Waals surface area contributed by atoms with E-state index in [2.05, 4.69) is 28.0 Å². The fourth-order valence-electron chi connectivity index (χ4n) is 2.17. The van der Waals surface area contributed by atoms with Crippen LogP contribution < -0.4 is 0 Å². The number of rotatable bonds is 3. The molecule has 2 heterocycles. The average Bonchev–Trinajstić information content (AvgIpc) is 2.59. The third-order valence-electron chi connectivity index (χ3n) is 3.16. The molecular weight excluding hydrogens is 284 g/mol. The van der Waals surface area contributed by atoms with E-state index in [1.165, 1.54) is 0 Å². The SMILES string of the molecule is CCn1nc(C)c(Br)c1CC1COCCC1=O. The predicted molar refractivity (Wildman–Crippen MR) is 68.0 cm³/mol. The average molecular weight is 301 g/mol. The Morgan fingerprint density at radius 3 is 3.00 bits per heavy atom. The van der Waals surface area contributed by atoms with Gasteiger partial charge in [0.1, 0.15) is 5.78 Å². The molecule has 0 radical (unpaired) electrons. The summed E-state index contributed by atoms with van der Waals surface area (Å²) in [6, 6.07) is 0. The summed E-state index contributed by atoms with van der Waals surface area (Å²) in [6.45, 7) is 5.96. The number of hydrogen-bond donors (Lipinski definition) is 0. The van der Waals surface area contributed by atoms with E-state index in [9.17, 15) is 4.79 Å². The first-order chi connectivity index (χ1) is 8.13. The highest BCUT2D eigenvalue weighted by Gasteiger charge is 2.26. The van der Waals surface area contributed by atoms with Gasteiger partial charge in [-0.25, -0.2) is 0 Å². The molecular formula is C12H17BrN2O2. The summed E-state index contributed by atoms with van der Waals surface area (Å²) in [5.74, 6) is 0.297. The number of ether oxygens (including phenoxy) is 1. The Kier molecular flexibility index (Phi) is 3.99. The van der Waals surface area contributed by atoms with Crippen molar-refractivity contribution in [2.45, 2.75) is 33.2 Å². The molecule has 0 spiro atoms. The molecule has 1 fully saturated rings. The molecule has 0 bridgehead atoms. The molecule has 2 rings (SSSR count). The van der Waals surface area contributed by atoms with Gasteiger partial charge in [-0.15, -0.1) is 0 Å². The Hall–Kier alpha value is -0.680. The smallest absolute Gasteiger partial charge is 0.140 e. The second-order valence-electron chi connectivity index (χ2n) is 4.35. The maximum Gasteiger partial charge on any atom is 0.140 e. The van der Waals surface area contributed by atoms with Crippen molar-refractivity contribution in [1.29, 1.82) is 0 Å². The number of carbonyl (C=O) groups is 1. The quantitative estimate of drug-likeness (QED) is 0.859. The Bertz CT molecular complexity index is 428. The van der Waals surface area contributed by atoms with Crippen molar-refractivity contribution in [2.24, 2.45) is 5.92 Å². The van der Waals surface area contributed by atoms with Gasteiger partial charge >= 0.3 is 0 Å². The molecule has 0 aromatic carbocycles. The summed E-state index contributed by atoms with van der Waals surface area (Å²) in [6.07, 6.45) is 1.26. The predicted octanol–water partition coefficient (Wildman–Crippen LogP) is 2.12. The van der Waals surface area contributed by atoms with Crippen LogP contribution in [0, 0.1) is 12.8 Å². The second kappa shape index (κ2) is 5.31. The minimum atomic E-state index is -0.0125. The minimum Gasteiger partial charge on any atom is -0.380 e. The van der Waals surface area contributed by atoms with Gasteiger partial charge in [0, 0.05) is 25.3 Å². The van der Waals surface area contributed by atoms with E-state index in [1.54, 1.807) is 0 Å². The number of halogens is 1. The van der Waals surface area contributed by atoms with Crippen LogP contribution in [-0.4, -0.2) is 28.8 Å². The number of ketones is 1. The zero-order chi connectivity index (χ0) is 12.4. The van der Waals surface area contributed by atoms with E-state index >= 15 is 0 Å². The number of hydrogen-bond acceptors (Lipinski definition) is 3. The van der Waals surface area contributed by atoms with E-state index in [4.69, 9.17) is 4.74 Å². The van der Waals surface area contributed by atoms with Crippen molar-refractivity contribution in [2.75, 3.05) is 13.2 Å². The molecule has 4 nitrogen and oxygen atoms in total. The van der Waals surface area contributed by atoms with E-state index in [1.807, 2.05) is 11.6 Å². The molecule has 1 saturated heterocycles. The van der Waals surface area contributed by atoms with Crippen molar-refractivity contribution in [3.63, 3.8) is 0 Å².